The van der Waals surface area contributed by atoms with E-state index in [4.69, 9.17) is 0 Å². The Balaban J connectivity index is 1.65. The van der Waals surface area contributed by atoms with Gasteiger partial charge in [0.15, 0.2) is 0 Å². The number of thioether (sulfide) groups is 1. The SMILES string of the molecule is CCc1ccccc1NC(=O)CCN1C(=O)CSc2ccccc21. The second kappa shape index (κ2) is 7.53. The molecule has 0 atom stereocenters. The monoisotopic (exact) mass is 340 g/mol. The van der Waals surface area contributed by atoms with Crippen LogP contribution in [0.5, 0.6) is 0 Å². The Bertz CT molecular complexity index is 761. The molecule has 5 heteroatoms. The lowest BCUT2D eigenvalue weighted by molar-refractivity contribution is -0.117. The minimum absolute atomic E-state index is 0.0560. The number of carbonyl (C=O) groups is 2. The van der Waals surface area contributed by atoms with Gasteiger partial charge in [-0.3, -0.25) is 9.59 Å². The average Bonchev–Trinajstić information content (AvgIpc) is 2.61. The molecule has 0 saturated carbocycles. The van der Waals surface area contributed by atoms with Crippen LogP contribution in [0, 0.1) is 0 Å². The van der Waals surface area contributed by atoms with Crippen LogP contribution in [-0.4, -0.2) is 24.1 Å². The molecular weight excluding hydrogens is 320 g/mol. The highest BCUT2D eigenvalue weighted by Gasteiger charge is 2.24. The molecule has 0 fully saturated rings. The summed E-state index contributed by atoms with van der Waals surface area (Å²) in [6, 6.07) is 15.6. The van der Waals surface area contributed by atoms with Gasteiger partial charge >= 0.3 is 0 Å². The summed E-state index contributed by atoms with van der Waals surface area (Å²) in [5.74, 6) is 0.414. The average molecular weight is 340 g/mol. The van der Waals surface area contributed by atoms with E-state index in [1.807, 2.05) is 48.5 Å². The van der Waals surface area contributed by atoms with Crippen molar-refractivity contribution in [3.8, 4) is 0 Å². The van der Waals surface area contributed by atoms with Crippen molar-refractivity contribution < 1.29 is 9.59 Å². The lowest BCUT2D eigenvalue weighted by atomic mass is 10.1. The fraction of sp³-hybridized carbons (Fsp3) is 0.263. The number of fused-ring (bicyclic) bond motifs is 1. The Labute approximate surface area is 146 Å². The molecule has 0 unspecified atom stereocenters. The van der Waals surface area contributed by atoms with E-state index < -0.39 is 0 Å². The predicted octanol–water partition coefficient (Wildman–Crippen LogP) is 3.72. The van der Waals surface area contributed by atoms with Crippen molar-refractivity contribution in [2.24, 2.45) is 0 Å². The number of para-hydroxylation sites is 2. The molecule has 0 aliphatic carbocycles. The van der Waals surface area contributed by atoms with Crippen LogP contribution in [0.3, 0.4) is 0 Å². The van der Waals surface area contributed by atoms with Gasteiger partial charge in [-0.15, -0.1) is 11.8 Å². The molecule has 0 bridgehead atoms. The van der Waals surface area contributed by atoms with E-state index >= 15 is 0 Å². The largest absolute Gasteiger partial charge is 0.326 e. The molecule has 1 aliphatic rings. The molecule has 3 rings (SSSR count). The zero-order chi connectivity index (χ0) is 16.9. The smallest absolute Gasteiger partial charge is 0.237 e. The quantitative estimate of drug-likeness (QED) is 0.902. The molecule has 0 aromatic heterocycles. The maximum absolute atomic E-state index is 12.3. The summed E-state index contributed by atoms with van der Waals surface area (Å²) in [4.78, 5) is 27.3. The van der Waals surface area contributed by atoms with Gasteiger partial charge < -0.3 is 10.2 Å². The molecule has 4 nitrogen and oxygen atoms in total. The van der Waals surface area contributed by atoms with Crippen LogP contribution >= 0.6 is 11.8 Å². The van der Waals surface area contributed by atoms with E-state index in [-0.39, 0.29) is 18.2 Å². The number of hydrogen-bond donors (Lipinski definition) is 1. The van der Waals surface area contributed by atoms with Gasteiger partial charge in [-0.25, -0.2) is 0 Å². The highest BCUT2D eigenvalue weighted by molar-refractivity contribution is 8.00. The Kier molecular flexibility index (Phi) is 5.20. The summed E-state index contributed by atoms with van der Waals surface area (Å²) in [7, 11) is 0. The summed E-state index contributed by atoms with van der Waals surface area (Å²) in [5.41, 5.74) is 2.87. The van der Waals surface area contributed by atoms with Crippen LogP contribution in [0.15, 0.2) is 53.4 Å². The number of hydrogen-bond acceptors (Lipinski definition) is 3. The van der Waals surface area contributed by atoms with Gasteiger partial charge in [0.05, 0.1) is 11.4 Å². The molecule has 0 spiro atoms. The van der Waals surface area contributed by atoms with Crippen molar-refractivity contribution >= 4 is 35.0 Å². The zero-order valence-corrected chi connectivity index (χ0v) is 14.4. The first-order valence-electron chi connectivity index (χ1n) is 8.09. The van der Waals surface area contributed by atoms with E-state index in [1.54, 1.807) is 16.7 Å². The van der Waals surface area contributed by atoms with Crippen molar-refractivity contribution in [1.82, 2.24) is 0 Å². The molecule has 124 valence electrons. The summed E-state index contributed by atoms with van der Waals surface area (Å²) < 4.78 is 0. The lowest BCUT2D eigenvalue weighted by Crippen LogP contribution is -2.37. The number of nitrogens with zero attached hydrogens (tertiary/aromatic N) is 1. The van der Waals surface area contributed by atoms with Gasteiger partial charge in [0, 0.05) is 23.5 Å². The number of anilines is 2. The maximum atomic E-state index is 12.3. The fourth-order valence-corrected chi connectivity index (χ4v) is 3.71. The highest BCUT2D eigenvalue weighted by Crippen LogP contribution is 2.34. The van der Waals surface area contributed by atoms with Crippen LogP contribution in [0.4, 0.5) is 11.4 Å². The number of amides is 2. The number of nitrogens with one attached hydrogen (secondary N) is 1. The van der Waals surface area contributed by atoms with Crippen molar-refractivity contribution in [3.63, 3.8) is 0 Å². The summed E-state index contributed by atoms with van der Waals surface area (Å²) in [6.45, 7) is 2.46. The summed E-state index contributed by atoms with van der Waals surface area (Å²) in [6.07, 6.45) is 1.15. The van der Waals surface area contributed by atoms with E-state index in [1.165, 1.54) is 0 Å². The van der Waals surface area contributed by atoms with Crippen LogP contribution < -0.4 is 10.2 Å². The molecule has 1 heterocycles. The zero-order valence-electron chi connectivity index (χ0n) is 13.6. The van der Waals surface area contributed by atoms with E-state index in [2.05, 4.69) is 12.2 Å². The maximum Gasteiger partial charge on any atom is 0.237 e. The molecule has 2 aromatic carbocycles. The lowest BCUT2D eigenvalue weighted by Gasteiger charge is -2.28. The molecule has 24 heavy (non-hydrogen) atoms. The Hall–Kier alpha value is -2.27. The van der Waals surface area contributed by atoms with Crippen LogP contribution in [0.25, 0.3) is 0 Å². The van der Waals surface area contributed by atoms with Gasteiger partial charge in [-0.05, 0) is 30.2 Å². The number of aryl methyl sites for hydroxylation is 1. The van der Waals surface area contributed by atoms with Crippen molar-refractivity contribution in [3.05, 3.63) is 54.1 Å². The topological polar surface area (TPSA) is 49.4 Å². The minimum Gasteiger partial charge on any atom is -0.326 e. The van der Waals surface area contributed by atoms with E-state index in [0.717, 1.165) is 28.3 Å². The Morgan fingerprint density at radius 2 is 1.92 bits per heavy atom. The highest BCUT2D eigenvalue weighted by atomic mass is 32.2. The summed E-state index contributed by atoms with van der Waals surface area (Å²) >= 11 is 1.55. The normalized spacial score (nSPS) is 13.5. The van der Waals surface area contributed by atoms with Crippen molar-refractivity contribution in [2.45, 2.75) is 24.7 Å². The van der Waals surface area contributed by atoms with Gasteiger partial charge in [0.2, 0.25) is 11.8 Å². The molecule has 1 N–H and O–H groups in total. The van der Waals surface area contributed by atoms with E-state index in [9.17, 15) is 9.59 Å². The first-order valence-corrected chi connectivity index (χ1v) is 9.07. The molecular formula is C19H20N2O2S. The third kappa shape index (κ3) is 3.62. The van der Waals surface area contributed by atoms with Gasteiger partial charge in [-0.1, -0.05) is 37.3 Å². The van der Waals surface area contributed by atoms with Gasteiger partial charge in [0.25, 0.3) is 0 Å². The fourth-order valence-electron chi connectivity index (χ4n) is 2.78. The van der Waals surface area contributed by atoms with Crippen LogP contribution in [0.1, 0.15) is 18.9 Å². The molecule has 0 saturated heterocycles. The van der Waals surface area contributed by atoms with Crippen molar-refractivity contribution in [1.29, 1.82) is 0 Å². The Morgan fingerprint density at radius 1 is 1.17 bits per heavy atom. The van der Waals surface area contributed by atoms with Gasteiger partial charge in [0.1, 0.15) is 0 Å². The predicted molar refractivity (Wildman–Crippen MR) is 98.6 cm³/mol. The standard InChI is InChI=1S/C19H20N2O2S/c1-2-14-7-3-4-8-15(14)20-18(22)11-12-21-16-9-5-6-10-17(16)24-13-19(21)23/h3-10H,2,11-13H2,1H3,(H,20,22). The number of rotatable bonds is 5. The number of benzene rings is 2. The molecule has 0 radical (unpaired) electrons. The minimum atomic E-state index is -0.0700. The first kappa shape index (κ1) is 16.6. The molecule has 2 aromatic rings. The molecule has 2 amide bonds. The van der Waals surface area contributed by atoms with Gasteiger partial charge in [-0.2, -0.15) is 0 Å². The Morgan fingerprint density at radius 3 is 2.75 bits per heavy atom. The van der Waals surface area contributed by atoms with Crippen molar-refractivity contribution in [2.75, 3.05) is 22.5 Å². The van der Waals surface area contributed by atoms with Crippen LogP contribution in [0.2, 0.25) is 0 Å². The third-order valence-corrected chi connectivity index (χ3v) is 5.09. The third-order valence-electron chi connectivity index (χ3n) is 4.04. The number of carbonyl (C=O) groups excluding carboxylic acids is 2. The second-order valence-corrected chi connectivity index (χ2v) is 6.63. The van der Waals surface area contributed by atoms with E-state index in [0.29, 0.717) is 12.3 Å². The second-order valence-electron chi connectivity index (χ2n) is 5.61. The first-order chi connectivity index (χ1) is 11.7. The van der Waals surface area contributed by atoms with Crippen LogP contribution in [-0.2, 0) is 16.0 Å². The molecule has 1 aliphatic heterocycles. The summed E-state index contributed by atoms with van der Waals surface area (Å²) in [5, 5.41) is 2.96.